The standard InChI is InChI=1S/C32H32N2O3/c1-22(28-10-6-8-23-7-2-3-9-29(23)28)33-20-19-27-21-34(30-11-4-5-12-31(30)36-27)25-15-17-26(18-16-25)37-32(35)24-13-14-24/h2-12,15-18,22,24,27,33H,13-14,19-21H2,1H3/t22-,27?/m1/s1. The summed E-state index contributed by atoms with van der Waals surface area (Å²) in [6, 6.07) is 31.3. The molecule has 0 aromatic heterocycles. The van der Waals surface area contributed by atoms with E-state index >= 15 is 0 Å². The van der Waals surface area contributed by atoms with Gasteiger partial charge in [-0.15, -0.1) is 0 Å². The number of para-hydroxylation sites is 2. The van der Waals surface area contributed by atoms with Gasteiger partial charge in [-0.3, -0.25) is 4.79 Å². The molecule has 5 nitrogen and oxygen atoms in total. The SMILES string of the molecule is C[C@@H](NCCC1CN(c2ccc(OC(=O)C3CC3)cc2)c2ccccc2O1)c1cccc2ccccc12. The summed E-state index contributed by atoms with van der Waals surface area (Å²) in [5, 5.41) is 6.27. The maximum Gasteiger partial charge on any atom is 0.314 e. The molecule has 2 atom stereocenters. The molecular formula is C32H32N2O3. The lowest BCUT2D eigenvalue weighted by Gasteiger charge is -2.36. The van der Waals surface area contributed by atoms with Gasteiger partial charge in [0.15, 0.2) is 0 Å². The van der Waals surface area contributed by atoms with Gasteiger partial charge in [-0.1, -0.05) is 54.6 Å². The summed E-state index contributed by atoms with van der Waals surface area (Å²) < 4.78 is 11.9. The molecule has 1 aliphatic heterocycles. The molecule has 4 aromatic rings. The van der Waals surface area contributed by atoms with Gasteiger partial charge in [-0.25, -0.2) is 0 Å². The minimum Gasteiger partial charge on any atom is -0.486 e. The molecule has 1 aliphatic carbocycles. The number of carbonyl (C=O) groups excluding carboxylic acids is 1. The maximum atomic E-state index is 12.0. The number of nitrogens with zero attached hydrogens (tertiary/aromatic N) is 1. The molecule has 5 heteroatoms. The number of carbonyl (C=O) groups is 1. The quantitative estimate of drug-likeness (QED) is 0.217. The Morgan fingerprint density at radius 1 is 0.973 bits per heavy atom. The van der Waals surface area contributed by atoms with E-state index in [1.165, 1.54) is 16.3 Å². The fourth-order valence-electron chi connectivity index (χ4n) is 5.10. The number of fused-ring (bicyclic) bond motifs is 2. The van der Waals surface area contributed by atoms with Crippen LogP contribution in [0.2, 0.25) is 0 Å². The van der Waals surface area contributed by atoms with Crippen molar-refractivity contribution in [1.29, 1.82) is 0 Å². The van der Waals surface area contributed by atoms with Crippen molar-refractivity contribution in [2.24, 2.45) is 5.92 Å². The van der Waals surface area contributed by atoms with Crippen LogP contribution in [0.5, 0.6) is 11.5 Å². The molecular weight excluding hydrogens is 460 g/mol. The summed E-state index contributed by atoms with van der Waals surface area (Å²) >= 11 is 0. The molecule has 1 N–H and O–H groups in total. The Hall–Kier alpha value is -3.83. The van der Waals surface area contributed by atoms with Gasteiger partial charge in [0.1, 0.15) is 17.6 Å². The van der Waals surface area contributed by atoms with Gasteiger partial charge in [-0.2, -0.15) is 0 Å². The number of nitrogens with one attached hydrogen (secondary N) is 1. The lowest BCUT2D eigenvalue weighted by atomic mass is 9.99. The first kappa shape index (κ1) is 23.6. The molecule has 188 valence electrons. The highest BCUT2D eigenvalue weighted by Crippen LogP contribution is 2.39. The minimum atomic E-state index is -0.116. The van der Waals surface area contributed by atoms with Crippen molar-refractivity contribution in [2.75, 3.05) is 18.0 Å². The molecule has 0 radical (unpaired) electrons. The van der Waals surface area contributed by atoms with Crippen molar-refractivity contribution < 1.29 is 14.3 Å². The Bertz CT molecular complexity index is 1390. The molecule has 2 aliphatic rings. The highest BCUT2D eigenvalue weighted by atomic mass is 16.5. The molecule has 0 spiro atoms. The first-order chi connectivity index (χ1) is 18.2. The summed E-state index contributed by atoms with van der Waals surface area (Å²) in [5.74, 6) is 1.47. The summed E-state index contributed by atoms with van der Waals surface area (Å²) in [4.78, 5) is 14.3. The van der Waals surface area contributed by atoms with E-state index in [4.69, 9.17) is 9.47 Å². The maximum absolute atomic E-state index is 12.0. The number of hydrogen-bond donors (Lipinski definition) is 1. The van der Waals surface area contributed by atoms with Crippen molar-refractivity contribution in [2.45, 2.75) is 38.3 Å². The van der Waals surface area contributed by atoms with E-state index in [9.17, 15) is 4.79 Å². The fourth-order valence-corrected chi connectivity index (χ4v) is 5.10. The first-order valence-corrected chi connectivity index (χ1v) is 13.2. The van der Waals surface area contributed by atoms with Crippen LogP contribution >= 0.6 is 0 Å². The molecule has 0 saturated heterocycles. The third-order valence-corrected chi connectivity index (χ3v) is 7.32. The highest BCUT2D eigenvalue weighted by Gasteiger charge is 2.32. The summed E-state index contributed by atoms with van der Waals surface area (Å²) in [7, 11) is 0. The molecule has 1 fully saturated rings. The molecule has 6 rings (SSSR count). The van der Waals surface area contributed by atoms with E-state index in [0.29, 0.717) is 5.75 Å². The lowest BCUT2D eigenvalue weighted by Crippen LogP contribution is -2.39. The zero-order valence-corrected chi connectivity index (χ0v) is 21.1. The van der Waals surface area contributed by atoms with Crippen LogP contribution in [0.4, 0.5) is 11.4 Å². The zero-order valence-electron chi connectivity index (χ0n) is 21.1. The van der Waals surface area contributed by atoms with Crippen molar-refractivity contribution in [3.05, 3.63) is 96.6 Å². The van der Waals surface area contributed by atoms with Crippen molar-refractivity contribution in [3.63, 3.8) is 0 Å². The molecule has 1 unspecified atom stereocenters. The molecule has 0 amide bonds. The third kappa shape index (κ3) is 5.18. The van der Waals surface area contributed by atoms with Gasteiger partial charge in [0.25, 0.3) is 0 Å². The zero-order chi connectivity index (χ0) is 25.2. The van der Waals surface area contributed by atoms with E-state index in [1.807, 2.05) is 42.5 Å². The van der Waals surface area contributed by atoms with Gasteiger partial charge >= 0.3 is 5.97 Å². The van der Waals surface area contributed by atoms with Crippen LogP contribution in [0.15, 0.2) is 91.0 Å². The van der Waals surface area contributed by atoms with Crippen LogP contribution < -0.4 is 19.7 Å². The Labute approximate surface area is 218 Å². The van der Waals surface area contributed by atoms with E-state index in [2.05, 4.69) is 65.7 Å². The number of anilines is 2. The summed E-state index contributed by atoms with van der Waals surface area (Å²) in [6.45, 7) is 3.83. The van der Waals surface area contributed by atoms with E-state index < -0.39 is 0 Å². The average molecular weight is 493 g/mol. The van der Waals surface area contributed by atoms with Gasteiger partial charge in [0.2, 0.25) is 0 Å². The largest absolute Gasteiger partial charge is 0.486 e. The molecule has 1 heterocycles. The number of esters is 1. The predicted molar refractivity (Wildman–Crippen MR) is 148 cm³/mol. The van der Waals surface area contributed by atoms with Crippen LogP contribution in [0.1, 0.15) is 37.8 Å². The normalized spacial score (nSPS) is 17.6. The molecule has 1 saturated carbocycles. The predicted octanol–water partition coefficient (Wildman–Crippen LogP) is 6.80. The first-order valence-electron chi connectivity index (χ1n) is 13.2. The van der Waals surface area contributed by atoms with Crippen LogP contribution in [0.3, 0.4) is 0 Å². The topological polar surface area (TPSA) is 50.8 Å². The molecule has 0 bridgehead atoms. The smallest absolute Gasteiger partial charge is 0.314 e. The number of benzene rings is 4. The van der Waals surface area contributed by atoms with E-state index in [-0.39, 0.29) is 24.0 Å². The monoisotopic (exact) mass is 492 g/mol. The van der Waals surface area contributed by atoms with Crippen molar-refractivity contribution >= 4 is 28.1 Å². The van der Waals surface area contributed by atoms with Gasteiger partial charge in [0.05, 0.1) is 18.2 Å². The Kier molecular flexibility index (Phi) is 6.54. The molecule has 37 heavy (non-hydrogen) atoms. The summed E-state index contributed by atoms with van der Waals surface area (Å²) in [5.41, 5.74) is 3.43. The Morgan fingerprint density at radius 2 is 1.73 bits per heavy atom. The second-order valence-electron chi connectivity index (χ2n) is 10.0. The second-order valence-corrected chi connectivity index (χ2v) is 10.0. The van der Waals surface area contributed by atoms with Crippen LogP contribution in [-0.2, 0) is 4.79 Å². The van der Waals surface area contributed by atoms with E-state index in [1.54, 1.807) is 0 Å². The van der Waals surface area contributed by atoms with Crippen molar-refractivity contribution in [1.82, 2.24) is 5.32 Å². The van der Waals surface area contributed by atoms with Crippen LogP contribution in [0, 0.1) is 5.92 Å². The fraction of sp³-hybridized carbons (Fsp3) is 0.281. The Balaban J connectivity index is 1.12. The molecule has 4 aromatic carbocycles. The van der Waals surface area contributed by atoms with Crippen molar-refractivity contribution in [3.8, 4) is 11.5 Å². The van der Waals surface area contributed by atoms with Gasteiger partial charge in [-0.05, 0) is 85.5 Å². The lowest BCUT2D eigenvalue weighted by molar-refractivity contribution is -0.135. The van der Waals surface area contributed by atoms with Gasteiger partial charge in [0, 0.05) is 11.7 Å². The minimum absolute atomic E-state index is 0.0505. The Morgan fingerprint density at radius 3 is 2.57 bits per heavy atom. The van der Waals surface area contributed by atoms with Crippen LogP contribution in [0.25, 0.3) is 10.8 Å². The van der Waals surface area contributed by atoms with Crippen LogP contribution in [-0.4, -0.2) is 25.2 Å². The number of hydrogen-bond acceptors (Lipinski definition) is 5. The van der Waals surface area contributed by atoms with Gasteiger partial charge < -0.3 is 19.7 Å². The average Bonchev–Trinajstić information content (AvgIpc) is 3.79. The second kappa shape index (κ2) is 10.3. The summed E-state index contributed by atoms with van der Waals surface area (Å²) in [6.07, 6.45) is 2.82. The number of ether oxygens (including phenoxy) is 2. The number of rotatable bonds is 8. The highest BCUT2D eigenvalue weighted by molar-refractivity contribution is 5.86. The third-order valence-electron chi connectivity index (χ3n) is 7.32. The van der Waals surface area contributed by atoms with E-state index in [0.717, 1.165) is 49.5 Å².